The van der Waals surface area contributed by atoms with E-state index in [1.165, 1.54) is 4.90 Å². The Bertz CT molecular complexity index is 718. The zero-order chi connectivity index (χ0) is 18.2. The first kappa shape index (κ1) is 19.6. The van der Waals surface area contributed by atoms with Crippen molar-refractivity contribution in [2.75, 3.05) is 31.7 Å². The predicted molar refractivity (Wildman–Crippen MR) is 111 cm³/mol. The third-order valence-corrected chi connectivity index (χ3v) is 4.78. The van der Waals surface area contributed by atoms with Crippen LogP contribution in [0.5, 0.6) is 0 Å². The molecule has 0 saturated heterocycles. The first-order chi connectivity index (χ1) is 12.0. The zero-order valence-electron chi connectivity index (χ0n) is 14.1. The van der Waals surface area contributed by atoms with Crippen molar-refractivity contribution < 1.29 is 4.79 Å². The predicted octanol–water partition coefficient (Wildman–Crippen LogP) is 4.12. The molecular weight excluding hydrogens is 374 g/mol. The molecule has 0 aromatic heterocycles. The summed E-state index contributed by atoms with van der Waals surface area (Å²) < 4.78 is 0. The molecule has 0 radical (unpaired) electrons. The maximum absolute atomic E-state index is 11.8. The molecule has 7 heteroatoms. The van der Waals surface area contributed by atoms with Crippen LogP contribution in [0.15, 0.2) is 53.4 Å². The fourth-order valence-corrected chi connectivity index (χ4v) is 3.11. The molecule has 0 aliphatic heterocycles. The van der Waals surface area contributed by atoms with E-state index in [2.05, 4.69) is 10.6 Å². The summed E-state index contributed by atoms with van der Waals surface area (Å²) in [5.74, 6) is 0.867. The van der Waals surface area contributed by atoms with Crippen LogP contribution in [0.25, 0.3) is 0 Å². The lowest BCUT2D eigenvalue weighted by Gasteiger charge is -2.12. The van der Waals surface area contributed by atoms with Gasteiger partial charge < -0.3 is 15.5 Å². The van der Waals surface area contributed by atoms with Crippen LogP contribution in [-0.4, -0.2) is 42.3 Å². The number of nitrogens with zero attached hydrogens (tertiary/aromatic N) is 1. The molecule has 0 aliphatic rings. The van der Waals surface area contributed by atoms with E-state index in [1.54, 1.807) is 42.9 Å². The largest absolute Gasteiger partial charge is 0.362 e. The van der Waals surface area contributed by atoms with Crippen molar-refractivity contribution in [3.8, 4) is 0 Å². The second kappa shape index (κ2) is 9.65. The van der Waals surface area contributed by atoms with Gasteiger partial charge in [0.05, 0.1) is 0 Å². The number of hydrogen-bond acceptors (Lipinski definition) is 3. The number of thiocarbonyl (C=S) groups is 1. The molecule has 0 saturated carbocycles. The Kier molecular flexibility index (Phi) is 7.55. The fraction of sp³-hybridized carbons (Fsp3) is 0.222. The van der Waals surface area contributed by atoms with Gasteiger partial charge in [0.25, 0.3) is 5.91 Å². The number of amides is 1. The Morgan fingerprint density at radius 2 is 1.76 bits per heavy atom. The number of carbonyl (C=O) groups excluding carboxylic acids is 1. The minimum absolute atomic E-state index is 0.0218. The smallest absolute Gasteiger partial charge is 0.253 e. The normalized spacial score (nSPS) is 10.2. The van der Waals surface area contributed by atoms with E-state index in [4.69, 9.17) is 23.8 Å². The van der Waals surface area contributed by atoms with Gasteiger partial charge in [0.2, 0.25) is 0 Å². The van der Waals surface area contributed by atoms with Gasteiger partial charge in [0.1, 0.15) is 0 Å². The molecule has 0 atom stereocenters. The van der Waals surface area contributed by atoms with Gasteiger partial charge in [0.15, 0.2) is 5.11 Å². The summed E-state index contributed by atoms with van der Waals surface area (Å²) in [5, 5.41) is 7.58. The number of rotatable bonds is 6. The Hall–Kier alpha value is -1.76. The Morgan fingerprint density at radius 1 is 1.12 bits per heavy atom. The van der Waals surface area contributed by atoms with E-state index < -0.39 is 0 Å². The molecule has 0 unspecified atom stereocenters. The highest BCUT2D eigenvalue weighted by atomic mass is 35.5. The Morgan fingerprint density at radius 3 is 2.36 bits per heavy atom. The van der Waals surface area contributed by atoms with Crippen LogP contribution >= 0.6 is 35.6 Å². The van der Waals surface area contributed by atoms with Gasteiger partial charge >= 0.3 is 0 Å². The summed E-state index contributed by atoms with van der Waals surface area (Å²) in [4.78, 5) is 14.6. The van der Waals surface area contributed by atoms with Crippen LogP contribution in [0.2, 0.25) is 5.02 Å². The summed E-state index contributed by atoms with van der Waals surface area (Å²) in [6.45, 7) is 0.746. The molecule has 2 aromatic rings. The molecule has 0 heterocycles. The number of benzene rings is 2. The van der Waals surface area contributed by atoms with E-state index in [9.17, 15) is 4.79 Å². The summed E-state index contributed by atoms with van der Waals surface area (Å²) in [6.07, 6.45) is 0. The average molecular weight is 394 g/mol. The standard InChI is InChI=1S/C18H20ClN3OS2/c1-22(2)17(23)13-3-7-15(8-4-13)21-18(24)20-11-12-25-16-9-5-14(19)6-10-16/h3-10H,11-12H2,1-2H3,(H2,20,21,24). The Balaban J connectivity index is 1.73. The molecule has 1 amide bonds. The van der Waals surface area contributed by atoms with Gasteiger partial charge in [-0.1, -0.05) is 11.6 Å². The molecule has 0 spiro atoms. The first-order valence-electron chi connectivity index (χ1n) is 7.70. The highest BCUT2D eigenvalue weighted by molar-refractivity contribution is 7.99. The number of hydrogen-bond donors (Lipinski definition) is 2. The lowest BCUT2D eigenvalue weighted by Crippen LogP contribution is -2.30. The third-order valence-electron chi connectivity index (χ3n) is 3.27. The first-order valence-corrected chi connectivity index (χ1v) is 9.48. The number of anilines is 1. The minimum Gasteiger partial charge on any atom is -0.362 e. The van der Waals surface area contributed by atoms with E-state index in [-0.39, 0.29) is 5.91 Å². The van der Waals surface area contributed by atoms with Crippen LogP contribution in [0, 0.1) is 0 Å². The van der Waals surface area contributed by atoms with Crippen molar-refractivity contribution >= 4 is 52.3 Å². The van der Waals surface area contributed by atoms with E-state index in [0.717, 1.165) is 23.0 Å². The number of carbonyl (C=O) groups is 1. The van der Waals surface area contributed by atoms with Crippen LogP contribution < -0.4 is 10.6 Å². The third kappa shape index (κ3) is 6.57. The van der Waals surface area contributed by atoms with Crippen LogP contribution in [0.4, 0.5) is 5.69 Å². The van der Waals surface area contributed by atoms with E-state index >= 15 is 0 Å². The summed E-state index contributed by atoms with van der Waals surface area (Å²) in [7, 11) is 3.46. The second-order valence-corrected chi connectivity index (χ2v) is 7.47. The summed E-state index contributed by atoms with van der Waals surface area (Å²) >= 11 is 12.9. The SMILES string of the molecule is CN(C)C(=O)c1ccc(NC(=S)NCCSc2ccc(Cl)cc2)cc1. The lowest BCUT2D eigenvalue weighted by molar-refractivity contribution is 0.0827. The molecule has 2 N–H and O–H groups in total. The molecule has 4 nitrogen and oxygen atoms in total. The quantitative estimate of drug-likeness (QED) is 0.439. The van der Waals surface area contributed by atoms with Gasteiger partial charge in [-0.2, -0.15) is 0 Å². The zero-order valence-corrected chi connectivity index (χ0v) is 16.5. The molecule has 2 aromatic carbocycles. The molecular formula is C18H20ClN3OS2. The monoisotopic (exact) mass is 393 g/mol. The maximum atomic E-state index is 11.8. The molecule has 132 valence electrons. The molecule has 0 fully saturated rings. The van der Waals surface area contributed by atoms with E-state index in [1.807, 2.05) is 36.4 Å². The van der Waals surface area contributed by atoms with Crippen LogP contribution in [0.3, 0.4) is 0 Å². The molecule has 2 rings (SSSR count). The molecule has 25 heavy (non-hydrogen) atoms. The van der Waals surface area contributed by atoms with Crippen LogP contribution in [-0.2, 0) is 0 Å². The second-order valence-electron chi connectivity index (χ2n) is 5.46. The van der Waals surface area contributed by atoms with Crippen molar-refractivity contribution in [2.45, 2.75) is 4.90 Å². The van der Waals surface area contributed by atoms with Gasteiger partial charge in [-0.05, 0) is 60.7 Å². The summed E-state index contributed by atoms with van der Waals surface area (Å²) in [5.41, 5.74) is 1.49. The van der Waals surface area contributed by atoms with Crippen molar-refractivity contribution in [3.05, 3.63) is 59.1 Å². The van der Waals surface area contributed by atoms with Gasteiger partial charge in [-0.15, -0.1) is 11.8 Å². The average Bonchev–Trinajstić information content (AvgIpc) is 2.60. The number of halogens is 1. The minimum atomic E-state index is -0.0218. The van der Waals surface area contributed by atoms with Crippen molar-refractivity contribution in [1.82, 2.24) is 10.2 Å². The van der Waals surface area contributed by atoms with Crippen molar-refractivity contribution in [2.24, 2.45) is 0 Å². The fourth-order valence-electron chi connectivity index (χ4n) is 1.99. The van der Waals surface area contributed by atoms with Crippen molar-refractivity contribution in [1.29, 1.82) is 0 Å². The van der Waals surface area contributed by atoms with E-state index in [0.29, 0.717) is 10.7 Å². The highest BCUT2D eigenvalue weighted by Gasteiger charge is 2.07. The highest BCUT2D eigenvalue weighted by Crippen LogP contribution is 2.19. The van der Waals surface area contributed by atoms with Gasteiger partial charge in [-0.25, -0.2) is 0 Å². The molecule has 0 bridgehead atoms. The van der Waals surface area contributed by atoms with Crippen LogP contribution in [0.1, 0.15) is 10.4 Å². The lowest BCUT2D eigenvalue weighted by atomic mass is 10.2. The topological polar surface area (TPSA) is 44.4 Å². The Labute approximate surface area is 162 Å². The van der Waals surface area contributed by atoms with Gasteiger partial charge in [0, 0.05) is 47.6 Å². The van der Waals surface area contributed by atoms with Gasteiger partial charge in [-0.3, -0.25) is 4.79 Å². The van der Waals surface area contributed by atoms with Crippen molar-refractivity contribution in [3.63, 3.8) is 0 Å². The number of thioether (sulfide) groups is 1. The number of nitrogens with one attached hydrogen (secondary N) is 2. The molecule has 0 aliphatic carbocycles. The summed E-state index contributed by atoms with van der Waals surface area (Å²) in [6, 6.07) is 15.0. The maximum Gasteiger partial charge on any atom is 0.253 e.